The number of rotatable bonds is 18. The minimum atomic E-state index is -4.58. The van der Waals surface area contributed by atoms with Crippen LogP contribution in [0.1, 0.15) is 126 Å². The number of aromatic nitrogens is 4. The Labute approximate surface area is 432 Å². The van der Waals surface area contributed by atoms with Crippen LogP contribution < -0.4 is 9.47 Å². The van der Waals surface area contributed by atoms with E-state index in [-0.39, 0.29) is 73.2 Å². The maximum absolute atomic E-state index is 13.5. The summed E-state index contributed by atoms with van der Waals surface area (Å²) >= 11 is 0. The average Bonchev–Trinajstić information content (AvgIpc) is 3.82. The van der Waals surface area contributed by atoms with E-state index in [0.717, 1.165) is 0 Å². The SMILES string of the molecule is COc1ccc2c(C(=O)c3ccc(COP(=O)(O)O)cc3)nn(CC(=O)C(C)(C)C)c2c1.COc1ccc2c(C(=O)c3ccc(COP(=O)(OC(C)(C)C)OC(C)(C)C)cc3)nn(CC(=O)C(C)(C)C)c2c1.Cl. The van der Waals surface area contributed by atoms with Gasteiger partial charge in [0.25, 0.3) is 0 Å². The second-order valence-electron chi connectivity index (χ2n) is 21.1. The normalized spacial score (nSPS) is 12.5. The summed E-state index contributed by atoms with van der Waals surface area (Å²) in [5.41, 5.74) is 1.01. The van der Waals surface area contributed by atoms with Crippen LogP contribution in [0.15, 0.2) is 84.9 Å². The molecule has 6 aromatic rings. The zero-order valence-corrected chi connectivity index (χ0v) is 46.4. The van der Waals surface area contributed by atoms with Crippen LogP contribution in [0.5, 0.6) is 11.5 Å². The van der Waals surface area contributed by atoms with Crippen molar-refractivity contribution in [2.24, 2.45) is 10.8 Å². The second-order valence-corrected chi connectivity index (χ2v) is 23.8. The van der Waals surface area contributed by atoms with Crippen molar-refractivity contribution in [1.29, 1.82) is 0 Å². The molecule has 396 valence electrons. The highest BCUT2D eigenvalue weighted by atomic mass is 35.5. The van der Waals surface area contributed by atoms with Crippen LogP contribution in [0.3, 0.4) is 0 Å². The molecule has 4 aromatic carbocycles. The standard InChI is InChI=1S/C30H41N2O7P.C22H25N2O7P.ClH/c1-28(2,3)25(33)18-32-24-17-22(36-10)15-16-23(24)26(31-32)27(34)21-13-11-20(12-14-21)19-37-40(35,38-29(4,5)6)39-30(7,8)9;1-22(2,3)19(25)12-24-18-11-16(30-4)9-10-17(18)20(23-24)21(26)15-7-5-14(6-8-15)13-31-32(27,28)29;/h11-17H,18-19H2,1-10H3;5-11H,12-13H2,1-4H3,(H2,27,28,29);1H. The molecule has 73 heavy (non-hydrogen) atoms. The summed E-state index contributed by atoms with van der Waals surface area (Å²) in [6, 6.07) is 23.4. The van der Waals surface area contributed by atoms with E-state index in [1.807, 2.05) is 41.5 Å². The van der Waals surface area contributed by atoms with E-state index in [1.54, 1.807) is 126 Å². The fraction of sp³-hybridized carbons (Fsp3) is 0.423. The van der Waals surface area contributed by atoms with Crippen LogP contribution in [0.4, 0.5) is 0 Å². The molecule has 0 atom stereocenters. The Balaban J connectivity index is 0.000000320. The topological polar surface area (TPSA) is 234 Å². The molecule has 2 aromatic heterocycles. The number of carbonyl (C=O) groups is 4. The van der Waals surface area contributed by atoms with Crippen LogP contribution >= 0.6 is 28.1 Å². The molecule has 0 bridgehead atoms. The first kappa shape index (κ1) is 60.2. The maximum Gasteiger partial charge on any atom is 0.476 e. The minimum absolute atomic E-state index is 0. The zero-order valence-electron chi connectivity index (χ0n) is 43.8. The summed E-state index contributed by atoms with van der Waals surface area (Å²) in [6.07, 6.45) is 0. The third-order valence-corrected chi connectivity index (χ3v) is 13.1. The molecule has 2 heterocycles. The molecule has 0 aliphatic heterocycles. The van der Waals surface area contributed by atoms with Crippen LogP contribution in [0, 0.1) is 10.8 Å². The van der Waals surface area contributed by atoms with Crippen molar-refractivity contribution in [2.75, 3.05) is 14.2 Å². The van der Waals surface area contributed by atoms with E-state index in [4.69, 9.17) is 32.8 Å². The molecule has 0 aliphatic rings. The Morgan fingerprint density at radius 1 is 0.534 bits per heavy atom. The van der Waals surface area contributed by atoms with Gasteiger partial charge in [-0.1, -0.05) is 90.1 Å². The van der Waals surface area contributed by atoms with Crippen molar-refractivity contribution in [1.82, 2.24) is 19.6 Å². The fourth-order valence-corrected chi connectivity index (χ4v) is 8.83. The molecule has 0 saturated carbocycles. The van der Waals surface area contributed by atoms with Gasteiger partial charge in [0.05, 0.1) is 49.7 Å². The van der Waals surface area contributed by atoms with Crippen molar-refractivity contribution in [3.63, 3.8) is 0 Å². The van der Waals surface area contributed by atoms with Crippen molar-refractivity contribution in [2.45, 2.75) is 121 Å². The highest BCUT2D eigenvalue weighted by Crippen LogP contribution is 2.56. The Hall–Kier alpha value is -5.39. The van der Waals surface area contributed by atoms with E-state index in [2.05, 4.69) is 14.7 Å². The van der Waals surface area contributed by atoms with Gasteiger partial charge >= 0.3 is 15.6 Å². The molecular formula is C52H67ClN4O14P2. The highest BCUT2D eigenvalue weighted by molar-refractivity contribution is 7.48. The lowest BCUT2D eigenvalue weighted by Crippen LogP contribution is -2.25. The molecule has 2 N–H and O–H groups in total. The summed E-state index contributed by atoms with van der Waals surface area (Å²) in [7, 11) is -5.37. The van der Waals surface area contributed by atoms with Gasteiger partial charge in [-0.2, -0.15) is 10.2 Å². The van der Waals surface area contributed by atoms with Gasteiger partial charge in [-0.25, -0.2) is 9.13 Å². The van der Waals surface area contributed by atoms with Gasteiger partial charge in [0.1, 0.15) is 36.0 Å². The summed E-state index contributed by atoms with van der Waals surface area (Å²) in [5.74, 6) is 0.509. The summed E-state index contributed by atoms with van der Waals surface area (Å²) < 4.78 is 59.4. The van der Waals surface area contributed by atoms with Crippen molar-refractivity contribution in [3.05, 3.63) is 119 Å². The van der Waals surface area contributed by atoms with Gasteiger partial charge in [0.2, 0.25) is 11.6 Å². The maximum atomic E-state index is 13.5. The number of methoxy groups -OCH3 is 2. The molecule has 21 heteroatoms. The molecule has 6 rings (SSSR count). The molecule has 18 nitrogen and oxygen atoms in total. The number of fused-ring (bicyclic) bond motifs is 2. The number of phosphoric ester groups is 2. The van der Waals surface area contributed by atoms with E-state index < -0.39 is 37.7 Å². The summed E-state index contributed by atoms with van der Waals surface area (Å²) in [6.45, 7) is 21.4. The predicted molar refractivity (Wildman–Crippen MR) is 279 cm³/mol. The van der Waals surface area contributed by atoms with Gasteiger partial charge in [0.15, 0.2) is 11.6 Å². The van der Waals surface area contributed by atoms with Crippen molar-refractivity contribution >= 4 is 73.0 Å². The van der Waals surface area contributed by atoms with Gasteiger partial charge in [0, 0.05) is 44.9 Å². The number of halogens is 1. The summed E-state index contributed by atoms with van der Waals surface area (Å²) in [5, 5.41) is 10.2. The number of carbonyl (C=O) groups excluding carboxylic acids is 4. The number of phosphoric acid groups is 2. The van der Waals surface area contributed by atoms with Crippen LogP contribution in [0.25, 0.3) is 21.8 Å². The number of benzene rings is 4. The Bertz CT molecular complexity index is 3020. The Morgan fingerprint density at radius 3 is 1.18 bits per heavy atom. The first-order chi connectivity index (χ1) is 33.2. The molecule has 0 fully saturated rings. The Kier molecular flexibility index (Phi) is 19.3. The highest BCUT2D eigenvalue weighted by Gasteiger charge is 2.37. The molecule has 0 radical (unpaired) electrons. The van der Waals surface area contributed by atoms with E-state index in [1.165, 1.54) is 23.9 Å². The Morgan fingerprint density at radius 2 is 0.877 bits per heavy atom. The zero-order chi connectivity index (χ0) is 53.8. The van der Waals surface area contributed by atoms with Crippen molar-refractivity contribution < 1.29 is 65.7 Å². The lowest BCUT2D eigenvalue weighted by atomic mass is 9.91. The van der Waals surface area contributed by atoms with E-state index >= 15 is 0 Å². The number of hydrogen-bond donors (Lipinski definition) is 2. The number of nitrogens with zero attached hydrogens (tertiary/aromatic N) is 4. The van der Waals surface area contributed by atoms with Gasteiger partial charge in [-0.05, 0) is 76.9 Å². The van der Waals surface area contributed by atoms with Crippen LogP contribution in [-0.4, -0.2) is 77.9 Å². The largest absolute Gasteiger partial charge is 0.497 e. The minimum Gasteiger partial charge on any atom is -0.497 e. The number of ether oxygens (including phenoxy) is 2. The number of Topliss-reactive ketones (excluding diaryl/α,β-unsaturated/α-hetero) is 2. The van der Waals surface area contributed by atoms with Crippen LogP contribution in [0.2, 0.25) is 0 Å². The van der Waals surface area contributed by atoms with Crippen molar-refractivity contribution in [3.8, 4) is 11.5 Å². The third-order valence-electron chi connectivity index (χ3n) is 10.6. The van der Waals surface area contributed by atoms with E-state index in [9.17, 15) is 28.3 Å². The smallest absolute Gasteiger partial charge is 0.476 e. The fourth-order valence-electron chi connectivity index (χ4n) is 6.72. The third kappa shape index (κ3) is 16.8. The molecule has 0 unspecified atom stereocenters. The molecule has 0 amide bonds. The lowest BCUT2D eigenvalue weighted by molar-refractivity contribution is -0.127. The number of hydrogen-bond acceptors (Lipinski definition) is 14. The quantitative estimate of drug-likeness (QED) is 0.0601. The monoisotopic (exact) mass is 1070 g/mol. The van der Waals surface area contributed by atoms with Gasteiger partial charge < -0.3 is 19.3 Å². The number of ketones is 4. The van der Waals surface area contributed by atoms with Gasteiger partial charge in [-0.3, -0.25) is 46.6 Å². The lowest BCUT2D eigenvalue weighted by Gasteiger charge is -2.30. The molecule has 0 saturated heterocycles. The first-order valence-corrected chi connectivity index (χ1v) is 26.0. The van der Waals surface area contributed by atoms with E-state index in [0.29, 0.717) is 55.6 Å². The molecule has 0 spiro atoms. The molecular weight excluding hydrogens is 1000 g/mol. The average molecular weight is 1070 g/mol. The predicted octanol–water partition coefficient (Wildman–Crippen LogP) is 11.1. The second kappa shape index (κ2) is 23.4. The van der Waals surface area contributed by atoms with Crippen LogP contribution in [-0.2, 0) is 63.1 Å². The first-order valence-electron chi connectivity index (χ1n) is 23.0. The summed E-state index contributed by atoms with van der Waals surface area (Å²) in [4.78, 5) is 69.7. The van der Waals surface area contributed by atoms with Gasteiger partial charge in [-0.15, -0.1) is 12.4 Å². The molecule has 0 aliphatic carbocycles.